The molecule has 1 atom stereocenters. The molecule has 0 aromatic carbocycles. The molecule has 0 radical (unpaired) electrons. The van der Waals surface area contributed by atoms with Gasteiger partial charge in [-0.2, -0.15) is 5.10 Å². The standard InChI is InChI=1S/C8H13N3O2/c1-9-7(8(12)13-3)6-4-10-11(2)5-6/h4-5,7,9H,1-3H3. The van der Waals surface area contributed by atoms with Crippen LogP contribution in [0, 0.1) is 0 Å². The predicted molar refractivity (Wildman–Crippen MR) is 47.0 cm³/mol. The van der Waals surface area contributed by atoms with E-state index in [0.29, 0.717) is 0 Å². The number of likely N-dealkylation sites (N-methyl/N-ethyl adjacent to an activating group) is 1. The Morgan fingerprint density at radius 1 is 1.77 bits per heavy atom. The van der Waals surface area contributed by atoms with Crippen molar-refractivity contribution in [2.24, 2.45) is 7.05 Å². The van der Waals surface area contributed by atoms with Gasteiger partial charge in [0.15, 0.2) is 0 Å². The Labute approximate surface area is 76.7 Å². The number of ether oxygens (including phenoxy) is 1. The molecular weight excluding hydrogens is 170 g/mol. The SMILES string of the molecule is CNC(C(=O)OC)c1cnn(C)c1. The van der Waals surface area contributed by atoms with Crippen LogP contribution in [-0.2, 0) is 16.6 Å². The molecule has 5 heteroatoms. The molecule has 1 unspecified atom stereocenters. The summed E-state index contributed by atoms with van der Waals surface area (Å²) in [6.07, 6.45) is 3.41. The first-order chi connectivity index (χ1) is 6.19. The van der Waals surface area contributed by atoms with Crippen LogP contribution < -0.4 is 5.32 Å². The smallest absolute Gasteiger partial charge is 0.327 e. The summed E-state index contributed by atoms with van der Waals surface area (Å²) in [4.78, 5) is 11.2. The molecular formula is C8H13N3O2. The van der Waals surface area contributed by atoms with E-state index in [1.165, 1.54) is 7.11 Å². The van der Waals surface area contributed by atoms with Crippen molar-refractivity contribution in [2.75, 3.05) is 14.2 Å². The summed E-state index contributed by atoms with van der Waals surface area (Å²) in [5, 5.41) is 6.83. The molecule has 0 aliphatic heterocycles. The first-order valence-electron chi connectivity index (χ1n) is 3.92. The number of carbonyl (C=O) groups is 1. The Kier molecular flexibility index (Phi) is 3.02. The number of hydrogen-bond donors (Lipinski definition) is 1. The lowest BCUT2D eigenvalue weighted by Crippen LogP contribution is -2.26. The number of aromatic nitrogens is 2. The fourth-order valence-corrected chi connectivity index (χ4v) is 1.13. The van der Waals surface area contributed by atoms with Gasteiger partial charge in [0, 0.05) is 18.8 Å². The lowest BCUT2D eigenvalue weighted by atomic mass is 10.2. The van der Waals surface area contributed by atoms with Crippen LogP contribution in [-0.4, -0.2) is 29.9 Å². The van der Waals surface area contributed by atoms with E-state index >= 15 is 0 Å². The van der Waals surface area contributed by atoms with Gasteiger partial charge in [-0.3, -0.25) is 4.68 Å². The van der Waals surface area contributed by atoms with Crippen molar-refractivity contribution < 1.29 is 9.53 Å². The van der Waals surface area contributed by atoms with Gasteiger partial charge in [-0.25, -0.2) is 4.79 Å². The van der Waals surface area contributed by atoms with Crippen molar-refractivity contribution in [1.29, 1.82) is 0 Å². The number of methoxy groups -OCH3 is 1. The van der Waals surface area contributed by atoms with E-state index in [-0.39, 0.29) is 5.97 Å². The zero-order valence-corrected chi connectivity index (χ0v) is 7.94. The summed E-state index contributed by atoms with van der Waals surface area (Å²) in [5.74, 6) is -0.310. The highest BCUT2D eigenvalue weighted by Gasteiger charge is 2.20. The largest absolute Gasteiger partial charge is 0.468 e. The lowest BCUT2D eigenvalue weighted by molar-refractivity contribution is -0.143. The highest BCUT2D eigenvalue weighted by atomic mass is 16.5. The molecule has 5 nitrogen and oxygen atoms in total. The third-order valence-corrected chi connectivity index (χ3v) is 1.78. The first-order valence-corrected chi connectivity index (χ1v) is 3.92. The number of nitrogens with zero attached hydrogens (tertiary/aromatic N) is 2. The van der Waals surface area contributed by atoms with E-state index in [0.717, 1.165) is 5.56 Å². The molecule has 1 rings (SSSR count). The van der Waals surface area contributed by atoms with Crippen LogP contribution in [0.3, 0.4) is 0 Å². The van der Waals surface area contributed by atoms with Crippen LogP contribution in [0.15, 0.2) is 12.4 Å². The van der Waals surface area contributed by atoms with Gasteiger partial charge in [0.2, 0.25) is 0 Å². The number of esters is 1. The second-order valence-electron chi connectivity index (χ2n) is 2.69. The summed E-state index contributed by atoms with van der Waals surface area (Å²) in [6.45, 7) is 0. The monoisotopic (exact) mass is 183 g/mol. The molecule has 1 N–H and O–H groups in total. The van der Waals surface area contributed by atoms with Crippen LogP contribution in [0.1, 0.15) is 11.6 Å². The Hall–Kier alpha value is -1.36. The van der Waals surface area contributed by atoms with Gasteiger partial charge < -0.3 is 10.1 Å². The maximum absolute atomic E-state index is 11.2. The third kappa shape index (κ3) is 2.06. The molecule has 1 aromatic heterocycles. The highest BCUT2D eigenvalue weighted by molar-refractivity contribution is 5.77. The van der Waals surface area contributed by atoms with Crippen molar-refractivity contribution in [1.82, 2.24) is 15.1 Å². The van der Waals surface area contributed by atoms with E-state index < -0.39 is 6.04 Å². The maximum atomic E-state index is 11.2. The fourth-order valence-electron chi connectivity index (χ4n) is 1.13. The molecule has 0 spiro atoms. The van der Waals surface area contributed by atoms with Gasteiger partial charge in [0.05, 0.1) is 13.3 Å². The van der Waals surface area contributed by atoms with Gasteiger partial charge >= 0.3 is 5.97 Å². The van der Waals surface area contributed by atoms with Crippen molar-refractivity contribution in [3.63, 3.8) is 0 Å². The van der Waals surface area contributed by atoms with Gasteiger partial charge in [0.1, 0.15) is 6.04 Å². The molecule has 0 saturated heterocycles. The number of hydrogen-bond acceptors (Lipinski definition) is 4. The minimum Gasteiger partial charge on any atom is -0.468 e. The second-order valence-corrected chi connectivity index (χ2v) is 2.69. The normalized spacial score (nSPS) is 12.5. The summed E-state index contributed by atoms with van der Waals surface area (Å²) in [7, 11) is 4.87. The molecule has 1 aromatic rings. The average molecular weight is 183 g/mol. The number of rotatable bonds is 3. The Morgan fingerprint density at radius 2 is 2.46 bits per heavy atom. The number of carbonyl (C=O) groups excluding carboxylic acids is 1. The maximum Gasteiger partial charge on any atom is 0.327 e. The van der Waals surface area contributed by atoms with Crippen LogP contribution in [0.25, 0.3) is 0 Å². The second kappa shape index (κ2) is 4.04. The summed E-state index contributed by atoms with van der Waals surface area (Å²) in [5.41, 5.74) is 0.803. The van der Waals surface area contributed by atoms with Gasteiger partial charge in [-0.05, 0) is 7.05 Å². The fraction of sp³-hybridized carbons (Fsp3) is 0.500. The quantitative estimate of drug-likeness (QED) is 0.662. The van der Waals surface area contributed by atoms with E-state index in [1.807, 2.05) is 0 Å². The van der Waals surface area contributed by atoms with E-state index in [1.54, 1.807) is 31.2 Å². The molecule has 0 aliphatic rings. The molecule has 0 saturated carbocycles. The van der Waals surface area contributed by atoms with Crippen molar-refractivity contribution in [2.45, 2.75) is 6.04 Å². The number of aryl methyl sites for hydroxylation is 1. The van der Waals surface area contributed by atoms with Crippen LogP contribution in [0.5, 0.6) is 0 Å². The minimum absolute atomic E-state index is 0.310. The third-order valence-electron chi connectivity index (χ3n) is 1.78. The average Bonchev–Trinajstić information content (AvgIpc) is 2.53. The summed E-state index contributed by atoms with van der Waals surface area (Å²) >= 11 is 0. The molecule has 0 fully saturated rings. The van der Waals surface area contributed by atoms with Crippen molar-refractivity contribution in [3.8, 4) is 0 Å². The molecule has 0 bridgehead atoms. The Bertz CT molecular complexity index is 295. The highest BCUT2D eigenvalue weighted by Crippen LogP contribution is 2.11. The van der Waals surface area contributed by atoms with E-state index in [2.05, 4.69) is 15.2 Å². The minimum atomic E-state index is -0.432. The van der Waals surface area contributed by atoms with Gasteiger partial charge in [0.25, 0.3) is 0 Å². The lowest BCUT2D eigenvalue weighted by Gasteiger charge is -2.10. The van der Waals surface area contributed by atoms with Crippen LogP contribution in [0.4, 0.5) is 0 Å². The molecule has 0 aliphatic carbocycles. The summed E-state index contributed by atoms with van der Waals surface area (Å²) < 4.78 is 6.27. The topological polar surface area (TPSA) is 56.1 Å². The molecule has 13 heavy (non-hydrogen) atoms. The zero-order valence-electron chi connectivity index (χ0n) is 7.94. The summed E-state index contributed by atoms with van der Waals surface area (Å²) in [6, 6.07) is -0.432. The van der Waals surface area contributed by atoms with Crippen LogP contribution >= 0.6 is 0 Å². The van der Waals surface area contributed by atoms with E-state index in [9.17, 15) is 4.79 Å². The molecule has 0 amide bonds. The van der Waals surface area contributed by atoms with Gasteiger partial charge in [-0.15, -0.1) is 0 Å². The molecule has 72 valence electrons. The van der Waals surface area contributed by atoms with E-state index in [4.69, 9.17) is 0 Å². The first kappa shape index (κ1) is 9.73. The predicted octanol–water partition coefficient (Wildman–Crippen LogP) is -0.146. The Morgan fingerprint density at radius 3 is 2.85 bits per heavy atom. The Balaban J connectivity index is 2.84. The van der Waals surface area contributed by atoms with Crippen molar-refractivity contribution in [3.05, 3.63) is 18.0 Å². The number of nitrogens with one attached hydrogen (secondary N) is 1. The van der Waals surface area contributed by atoms with Crippen molar-refractivity contribution >= 4 is 5.97 Å². The molecule has 1 heterocycles. The zero-order chi connectivity index (χ0) is 9.84. The van der Waals surface area contributed by atoms with Crippen LogP contribution in [0.2, 0.25) is 0 Å². The van der Waals surface area contributed by atoms with Gasteiger partial charge in [-0.1, -0.05) is 0 Å².